The number of rotatable bonds is 8. The van der Waals surface area contributed by atoms with E-state index >= 15 is 0 Å². The van der Waals surface area contributed by atoms with Crippen LogP contribution in [0.3, 0.4) is 0 Å². The van der Waals surface area contributed by atoms with E-state index in [4.69, 9.17) is 0 Å². The van der Waals surface area contributed by atoms with Crippen LogP contribution < -0.4 is 10.6 Å². The predicted octanol–water partition coefficient (Wildman–Crippen LogP) is 3.01. The van der Waals surface area contributed by atoms with E-state index in [9.17, 15) is 18.0 Å². The Morgan fingerprint density at radius 3 is 2.64 bits per heavy atom. The summed E-state index contributed by atoms with van der Waals surface area (Å²) in [6.07, 6.45) is 2.92. The Morgan fingerprint density at radius 1 is 1.12 bits per heavy atom. The molecule has 2 amide bonds. The van der Waals surface area contributed by atoms with Crippen molar-refractivity contribution in [2.45, 2.75) is 34.8 Å². The van der Waals surface area contributed by atoms with Gasteiger partial charge >= 0.3 is 0 Å². The van der Waals surface area contributed by atoms with Gasteiger partial charge in [0.1, 0.15) is 0 Å². The molecule has 2 heterocycles. The molecule has 0 aromatic heterocycles. The molecule has 3 atom stereocenters. The minimum atomic E-state index is -3.67. The molecular formula is C24H27N3O4S2. The lowest BCUT2D eigenvalue weighted by molar-refractivity contribution is -0.117. The van der Waals surface area contributed by atoms with Gasteiger partial charge in [0.05, 0.1) is 10.3 Å². The average Bonchev–Trinajstić information content (AvgIpc) is 3.38. The number of benzene rings is 2. The highest BCUT2D eigenvalue weighted by atomic mass is 32.2. The molecule has 0 bridgehead atoms. The van der Waals surface area contributed by atoms with Crippen molar-refractivity contribution in [1.82, 2.24) is 9.62 Å². The minimum Gasteiger partial charge on any atom is -0.341 e. The number of carbonyl (C=O) groups is 2. The molecule has 33 heavy (non-hydrogen) atoms. The Balaban J connectivity index is 1.35. The van der Waals surface area contributed by atoms with Gasteiger partial charge in [-0.15, -0.1) is 11.8 Å². The number of hydrogen-bond acceptors (Lipinski definition) is 5. The first kappa shape index (κ1) is 23.5. The van der Waals surface area contributed by atoms with Crippen molar-refractivity contribution in [3.05, 3.63) is 72.8 Å². The third-order valence-electron chi connectivity index (χ3n) is 5.93. The summed E-state index contributed by atoms with van der Waals surface area (Å²) in [7, 11) is -3.67. The lowest BCUT2D eigenvalue weighted by Crippen LogP contribution is -2.33. The van der Waals surface area contributed by atoms with Gasteiger partial charge < -0.3 is 10.6 Å². The van der Waals surface area contributed by atoms with Crippen molar-refractivity contribution in [2.24, 2.45) is 5.92 Å². The molecule has 2 N–H and O–H groups in total. The first-order valence-corrected chi connectivity index (χ1v) is 13.3. The fraction of sp³-hybridized carbons (Fsp3) is 0.333. The van der Waals surface area contributed by atoms with E-state index in [1.807, 2.05) is 30.3 Å². The molecule has 2 saturated heterocycles. The van der Waals surface area contributed by atoms with E-state index in [0.29, 0.717) is 31.6 Å². The topological polar surface area (TPSA) is 95.6 Å². The highest BCUT2D eigenvalue weighted by Crippen LogP contribution is 2.43. The normalized spacial score (nSPS) is 22.5. The maximum Gasteiger partial charge on any atom is 0.244 e. The largest absolute Gasteiger partial charge is 0.341 e. The number of carbonyl (C=O) groups excluding carboxylic acids is 2. The summed E-state index contributed by atoms with van der Waals surface area (Å²) >= 11 is 1.61. The molecule has 3 unspecified atom stereocenters. The Hall–Kier alpha value is -2.62. The number of aryl methyl sites for hydroxylation is 1. The fourth-order valence-electron chi connectivity index (χ4n) is 4.24. The van der Waals surface area contributed by atoms with E-state index in [-0.39, 0.29) is 33.3 Å². The third kappa shape index (κ3) is 5.66. The van der Waals surface area contributed by atoms with Gasteiger partial charge in [0.25, 0.3) is 0 Å². The van der Waals surface area contributed by atoms with Crippen LogP contribution in [0.2, 0.25) is 0 Å². The molecule has 0 radical (unpaired) electrons. The number of fused-ring (bicyclic) bond motifs is 1. The van der Waals surface area contributed by atoms with E-state index in [1.165, 1.54) is 16.4 Å². The molecule has 0 saturated carbocycles. The number of amides is 2. The summed E-state index contributed by atoms with van der Waals surface area (Å²) in [6.45, 7) is 4.30. The van der Waals surface area contributed by atoms with Crippen LogP contribution in [-0.2, 0) is 26.0 Å². The summed E-state index contributed by atoms with van der Waals surface area (Å²) in [6, 6.07) is 16.2. The smallest absolute Gasteiger partial charge is 0.244 e. The van der Waals surface area contributed by atoms with Gasteiger partial charge in [-0.1, -0.05) is 43.0 Å². The molecular weight excluding hydrogens is 458 g/mol. The molecule has 9 heteroatoms. The van der Waals surface area contributed by atoms with Gasteiger partial charge in [-0.05, 0) is 48.6 Å². The number of hydrogen-bond donors (Lipinski definition) is 2. The highest BCUT2D eigenvalue weighted by molar-refractivity contribution is 8.00. The first-order chi connectivity index (χ1) is 15.8. The van der Waals surface area contributed by atoms with Crippen LogP contribution in [0.4, 0.5) is 5.69 Å². The van der Waals surface area contributed by atoms with Gasteiger partial charge in [0, 0.05) is 30.4 Å². The number of nitrogens with zero attached hydrogens (tertiary/aromatic N) is 1. The molecule has 7 nitrogen and oxygen atoms in total. The zero-order valence-electron chi connectivity index (χ0n) is 18.1. The van der Waals surface area contributed by atoms with Crippen molar-refractivity contribution >= 4 is 39.3 Å². The Kier molecular flexibility index (Phi) is 7.21. The summed E-state index contributed by atoms with van der Waals surface area (Å²) in [5, 5.41) is 5.84. The fourth-order valence-corrected chi connectivity index (χ4v) is 7.56. The van der Waals surface area contributed by atoms with Crippen LogP contribution in [0.25, 0.3) is 0 Å². The van der Waals surface area contributed by atoms with E-state index < -0.39 is 10.0 Å². The molecule has 2 fully saturated rings. The van der Waals surface area contributed by atoms with E-state index in [2.05, 4.69) is 17.2 Å². The van der Waals surface area contributed by atoms with Crippen LogP contribution in [0.1, 0.15) is 18.4 Å². The zero-order valence-corrected chi connectivity index (χ0v) is 19.8. The Bertz CT molecular complexity index is 1120. The molecule has 2 aromatic carbocycles. The van der Waals surface area contributed by atoms with Gasteiger partial charge in [-0.25, -0.2) is 8.42 Å². The van der Waals surface area contributed by atoms with Crippen LogP contribution in [0, 0.1) is 5.92 Å². The summed E-state index contributed by atoms with van der Waals surface area (Å²) in [5.74, 6) is -0.173. The maximum absolute atomic E-state index is 13.2. The second-order valence-corrected chi connectivity index (χ2v) is 11.6. The lowest BCUT2D eigenvalue weighted by atomic mass is 10.1. The van der Waals surface area contributed by atoms with Gasteiger partial charge in [0.15, 0.2) is 0 Å². The molecule has 2 aliphatic heterocycles. The Labute approximate surface area is 198 Å². The van der Waals surface area contributed by atoms with Crippen LogP contribution in [0.15, 0.2) is 72.1 Å². The second kappa shape index (κ2) is 10.1. The van der Waals surface area contributed by atoms with Crippen LogP contribution in [0.5, 0.6) is 0 Å². The molecule has 174 valence electrons. The van der Waals surface area contributed by atoms with Crippen LogP contribution in [-0.4, -0.2) is 48.3 Å². The quantitative estimate of drug-likeness (QED) is 0.561. The number of thioether (sulfide) groups is 1. The van der Waals surface area contributed by atoms with E-state index in [0.717, 1.165) is 12.0 Å². The van der Waals surface area contributed by atoms with Gasteiger partial charge in [0.2, 0.25) is 21.8 Å². The summed E-state index contributed by atoms with van der Waals surface area (Å²) < 4.78 is 28.0. The highest BCUT2D eigenvalue weighted by Gasteiger charge is 2.45. The third-order valence-corrected chi connectivity index (χ3v) is 9.28. The standard InChI is InChI=1S/C24H27N3O4S2/c1-2-22(28)26-24-13-18-15-27(16-21(18)32-24)33(30,31)20-10-6-9-19(14-20)25-23(29)12-11-17-7-4-3-5-8-17/h2-10,14,18,21,24H,1,11-13,15-16H2,(H,25,29)(H,26,28). The van der Waals surface area contributed by atoms with Crippen molar-refractivity contribution in [2.75, 3.05) is 18.4 Å². The monoisotopic (exact) mass is 485 g/mol. The second-order valence-electron chi connectivity index (χ2n) is 8.26. The number of nitrogens with one attached hydrogen (secondary N) is 2. The lowest BCUT2D eigenvalue weighted by Gasteiger charge is -2.19. The van der Waals surface area contributed by atoms with Crippen molar-refractivity contribution in [3.63, 3.8) is 0 Å². The van der Waals surface area contributed by atoms with Gasteiger partial charge in [-0.3, -0.25) is 9.59 Å². The Morgan fingerprint density at radius 2 is 1.91 bits per heavy atom. The maximum atomic E-state index is 13.2. The average molecular weight is 486 g/mol. The van der Waals surface area contributed by atoms with E-state index in [1.54, 1.807) is 30.0 Å². The summed E-state index contributed by atoms with van der Waals surface area (Å²) in [4.78, 5) is 24.1. The zero-order chi connectivity index (χ0) is 23.4. The molecule has 0 aliphatic carbocycles. The SMILES string of the molecule is C=CC(=O)NC1CC2CN(S(=O)(=O)c3cccc(NC(=O)CCc4ccccc4)c3)CC2S1. The minimum absolute atomic E-state index is 0.00946. The number of anilines is 1. The first-order valence-electron chi connectivity index (χ1n) is 10.9. The van der Waals surface area contributed by atoms with Crippen molar-refractivity contribution in [3.8, 4) is 0 Å². The molecule has 4 rings (SSSR count). The van der Waals surface area contributed by atoms with Gasteiger partial charge in [-0.2, -0.15) is 4.31 Å². The van der Waals surface area contributed by atoms with Crippen LogP contribution >= 0.6 is 11.8 Å². The van der Waals surface area contributed by atoms with Crippen molar-refractivity contribution < 1.29 is 18.0 Å². The number of sulfonamides is 1. The summed E-state index contributed by atoms with van der Waals surface area (Å²) in [5.41, 5.74) is 1.54. The predicted molar refractivity (Wildman–Crippen MR) is 130 cm³/mol. The molecule has 2 aliphatic rings. The molecule has 2 aromatic rings. The molecule has 0 spiro atoms. The van der Waals surface area contributed by atoms with Crippen molar-refractivity contribution in [1.29, 1.82) is 0 Å².